The second kappa shape index (κ2) is 8.19. The van der Waals surface area contributed by atoms with Crippen molar-refractivity contribution in [2.45, 2.75) is 82.2 Å². The molecule has 4 atom stereocenters. The highest BCUT2D eigenvalue weighted by Gasteiger charge is 2.27. The summed E-state index contributed by atoms with van der Waals surface area (Å²) in [6.07, 6.45) is 7.81. The second-order valence-corrected chi connectivity index (χ2v) is 11.0. The van der Waals surface area contributed by atoms with Crippen LogP contribution >= 0.6 is 23.1 Å². The molecule has 2 aromatic heterocycles. The summed E-state index contributed by atoms with van der Waals surface area (Å²) >= 11 is 3.00. The Hall–Kier alpha value is -1.34. The molecule has 2 aliphatic carbocycles. The molecule has 0 unspecified atom stereocenters. The summed E-state index contributed by atoms with van der Waals surface area (Å²) in [5.74, 6) is 1.23. The van der Waals surface area contributed by atoms with Crippen LogP contribution in [0.4, 0.5) is 0 Å². The van der Waals surface area contributed by atoms with Gasteiger partial charge in [0.05, 0.1) is 10.6 Å². The number of aromatic amines is 1. The molecule has 0 saturated heterocycles. The Labute approximate surface area is 174 Å². The zero-order chi connectivity index (χ0) is 19.8. The summed E-state index contributed by atoms with van der Waals surface area (Å²) < 4.78 is 0. The molecule has 2 aliphatic rings. The van der Waals surface area contributed by atoms with Gasteiger partial charge in [0.1, 0.15) is 4.83 Å². The summed E-state index contributed by atoms with van der Waals surface area (Å²) in [5, 5.41) is 4.23. The summed E-state index contributed by atoms with van der Waals surface area (Å²) in [7, 11) is 0. The molecule has 5 nitrogen and oxygen atoms in total. The average molecular weight is 420 g/mol. The fraction of sp³-hybridized carbons (Fsp3) is 0.667. The molecular weight excluding hydrogens is 390 g/mol. The first-order valence-corrected chi connectivity index (χ1v) is 12.1. The average Bonchev–Trinajstić information content (AvgIpc) is 3.01. The number of thiophene rings is 1. The molecule has 7 heteroatoms. The Kier molecular flexibility index (Phi) is 5.83. The normalized spacial score (nSPS) is 26.0. The molecular formula is C21H29N3O2S2. The molecule has 2 N–H and O–H groups in total. The van der Waals surface area contributed by atoms with E-state index in [4.69, 9.17) is 4.98 Å². The maximum absolute atomic E-state index is 12.7. The lowest BCUT2D eigenvalue weighted by atomic mass is 9.86. The Bertz CT molecular complexity index is 936. The summed E-state index contributed by atoms with van der Waals surface area (Å²) in [6, 6.07) is 0.268. The van der Waals surface area contributed by atoms with Crippen molar-refractivity contribution in [2.75, 3.05) is 0 Å². The van der Waals surface area contributed by atoms with Gasteiger partial charge in [0, 0.05) is 10.9 Å². The number of hydrogen-bond acceptors (Lipinski definition) is 5. The van der Waals surface area contributed by atoms with Crippen LogP contribution in [0.5, 0.6) is 0 Å². The van der Waals surface area contributed by atoms with Crippen LogP contribution in [-0.2, 0) is 17.6 Å². The summed E-state index contributed by atoms with van der Waals surface area (Å²) in [4.78, 5) is 35.1. The van der Waals surface area contributed by atoms with Gasteiger partial charge in [0.15, 0.2) is 5.16 Å². The summed E-state index contributed by atoms with van der Waals surface area (Å²) in [5.41, 5.74) is 1.13. The molecule has 1 amide bonds. The van der Waals surface area contributed by atoms with Gasteiger partial charge in [0.25, 0.3) is 5.56 Å². The number of carbonyl (C=O) groups excluding carboxylic acids is 1. The molecule has 2 aromatic rings. The standard InChI is InChI=1S/C21H29N3O2S2/c1-11-8-9-14-16(10-11)28-20-17(14)19(26)23-21(24-20)27-13(3)18(25)22-15-7-5-4-6-12(15)2/h11-13,15H,4-10H2,1-3H3,(H,22,25)(H,23,24,26)/t11-,12-,13-,15+/m0/s1. The lowest BCUT2D eigenvalue weighted by Crippen LogP contribution is -2.44. The van der Waals surface area contributed by atoms with Crippen LogP contribution in [0.1, 0.15) is 63.3 Å². The highest BCUT2D eigenvalue weighted by Crippen LogP contribution is 2.36. The number of H-pyrrole nitrogens is 1. The molecule has 0 aromatic carbocycles. The molecule has 0 radical (unpaired) electrons. The van der Waals surface area contributed by atoms with E-state index in [1.165, 1.54) is 41.5 Å². The molecule has 152 valence electrons. The van der Waals surface area contributed by atoms with Gasteiger partial charge in [-0.25, -0.2) is 4.98 Å². The van der Waals surface area contributed by atoms with Crippen molar-refractivity contribution in [3.63, 3.8) is 0 Å². The second-order valence-electron chi connectivity index (χ2n) is 8.54. The molecule has 2 heterocycles. The minimum Gasteiger partial charge on any atom is -0.352 e. The van der Waals surface area contributed by atoms with Crippen molar-refractivity contribution in [3.05, 3.63) is 20.8 Å². The number of nitrogens with one attached hydrogen (secondary N) is 2. The van der Waals surface area contributed by atoms with E-state index in [9.17, 15) is 9.59 Å². The van der Waals surface area contributed by atoms with Gasteiger partial charge in [-0.3, -0.25) is 9.59 Å². The fourth-order valence-electron chi connectivity index (χ4n) is 4.44. The van der Waals surface area contributed by atoms with Gasteiger partial charge in [-0.15, -0.1) is 11.3 Å². The first kappa shape index (κ1) is 20.0. The molecule has 28 heavy (non-hydrogen) atoms. The van der Waals surface area contributed by atoms with Gasteiger partial charge in [0.2, 0.25) is 5.91 Å². The molecule has 1 saturated carbocycles. The maximum atomic E-state index is 12.7. The SMILES string of the molecule is C[C@H]1CCc2c(sc3nc(S[C@@H](C)C(=O)N[C@@H]4CCCC[C@@H]4C)[nH]c(=O)c23)C1. The number of hydrogen-bond donors (Lipinski definition) is 2. The number of amides is 1. The molecule has 0 spiro atoms. The van der Waals surface area contributed by atoms with E-state index in [-0.39, 0.29) is 22.8 Å². The molecule has 0 aliphatic heterocycles. The lowest BCUT2D eigenvalue weighted by Gasteiger charge is -2.30. The van der Waals surface area contributed by atoms with E-state index in [0.717, 1.165) is 35.9 Å². The van der Waals surface area contributed by atoms with Gasteiger partial charge in [-0.05, 0) is 56.4 Å². The van der Waals surface area contributed by atoms with Crippen LogP contribution < -0.4 is 10.9 Å². The number of thioether (sulfide) groups is 1. The molecule has 1 fully saturated rings. The van der Waals surface area contributed by atoms with Crippen molar-refractivity contribution in [1.29, 1.82) is 0 Å². The van der Waals surface area contributed by atoms with E-state index in [0.29, 0.717) is 17.0 Å². The van der Waals surface area contributed by atoms with E-state index >= 15 is 0 Å². The van der Waals surface area contributed by atoms with Crippen LogP contribution in [-0.4, -0.2) is 27.2 Å². The minimum absolute atomic E-state index is 0.0331. The number of aryl methyl sites for hydroxylation is 1. The number of fused-ring (bicyclic) bond motifs is 3. The zero-order valence-corrected chi connectivity index (χ0v) is 18.5. The number of rotatable bonds is 4. The molecule has 4 rings (SSSR count). The quantitative estimate of drug-likeness (QED) is 0.573. The monoisotopic (exact) mass is 419 g/mol. The van der Waals surface area contributed by atoms with Crippen molar-refractivity contribution in [2.24, 2.45) is 11.8 Å². The van der Waals surface area contributed by atoms with Crippen molar-refractivity contribution in [3.8, 4) is 0 Å². The van der Waals surface area contributed by atoms with Crippen molar-refractivity contribution in [1.82, 2.24) is 15.3 Å². The Morgan fingerprint density at radius 2 is 2.07 bits per heavy atom. The fourth-order valence-corrected chi connectivity index (χ4v) is 6.68. The molecule has 0 bridgehead atoms. The van der Waals surface area contributed by atoms with Gasteiger partial charge >= 0.3 is 0 Å². The summed E-state index contributed by atoms with van der Waals surface area (Å²) in [6.45, 7) is 6.37. The highest BCUT2D eigenvalue weighted by atomic mass is 32.2. The Morgan fingerprint density at radius 3 is 2.86 bits per heavy atom. The van der Waals surface area contributed by atoms with Crippen LogP contribution in [0, 0.1) is 11.8 Å². The predicted octanol–water partition coefficient (Wildman–Crippen LogP) is 4.28. The zero-order valence-electron chi connectivity index (χ0n) is 16.8. The van der Waals surface area contributed by atoms with Crippen molar-refractivity contribution < 1.29 is 4.79 Å². The lowest BCUT2D eigenvalue weighted by molar-refractivity contribution is -0.121. The first-order valence-electron chi connectivity index (χ1n) is 10.4. The number of carbonyl (C=O) groups is 1. The maximum Gasteiger partial charge on any atom is 0.260 e. The number of nitrogens with zero attached hydrogens (tertiary/aromatic N) is 1. The third-order valence-corrected chi connectivity index (χ3v) is 8.37. The van der Waals surface area contributed by atoms with Gasteiger partial charge < -0.3 is 10.3 Å². The smallest absolute Gasteiger partial charge is 0.260 e. The van der Waals surface area contributed by atoms with Crippen LogP contribution in [0.2, 0.25) is 0 Å². The largest absolute Gasteiger partial charge is 0.352 e. The predicted molar refractivity (Wildman–Crippen MR) is 116 cm³/mol. The van der Waals surface area contributed by atoms with E-state index in [1.54, 1.807) is 11.3 Å². The van der Waals surface area contributed by atoms with Crippen LogP contribution in [0.3, 0.4) is 0 Å². The van der Waals surface area contributed by atoms with Crippen LogP contribution in [0.25, 0.3) is 10.2 Å². The third-order valence-electron chi connectivity index (χ3n) is 6.24. The van der Waals surface area contributed by atoms with E-state index in [1.807, 2.05) is 6.92 Å². The van der Waals surface area contributed by atoms with Gasteiger partial charge in [-0.2, -0.15) is 0 Å². The highest BCUT2D eigenvalue weighted by molar-refractivity contribution is 8.00. The van der Waals surface area contributed by atoms with Gasteiger partial charge in [-0.1, -0.05) is 38.5 Å². The Morgan fingerprint density at radius 1 is 1.29 bits per heavy atom. The minimum atomic E-state index is -0.288. The van der Waals surface area contributed by atoms with E-state index in [2.05, 4.69) is 24.1 Å². The van der Waals surface area contributed by atoms with Crippen LogP contribution in [0.15, 0.2) is 9.95 Å². The first-order chi connectivity index (χ1) is 13.4. The Balaban J connectivity index is 1.50. The topological polar surface area (TPSA) is 74.8 Å². The third kappa shape index (κ3) is 4.01. The van der Waals surface area contributed by atoms with Crippen molar-refractivity contribution >= 4 is 39.2 Å². The number of aromatic nitrogens is 2. The van der Waals surface area contributed by atoms with E-state index < -0.39 is 0 Å².